The molecular formula is C25H34F2N4O4. The van der Waals surface area contributed by atoms with E-state index in [2.05, 4.69) is 10.4 Å². The molecule has 0 bridgehead atoms. The zero-order valence-corrected chi connectivity index (χ0v) is 20.8. The van der Waals surface area contributed by atoms with E-state index in [0.717, 1.165) is 12.1 Å². The number of carbonyl (C=O) groups is 2. The van der Waals surface area contributed by atoms with E-state index in [4.69, 9.17) is 9.47 Å². The Labute approximate surface area is 204 Å². The molecule has 35 heavy (non-hydrogen) atoms. The molecular weight excluding hydrogens is 458 g/mol. The zero-order chi connectivity index (χ0) is 25.6. The van der Waals surface area contributed by atoms with Crippen LogP contribution in [-0.4, -0.2) is 65.1 Å². The summed E-state index contributed by atoms with van der Waals surface area (Å²) in [5, 5.41) is 7.16. The minimum absolute atomic E-state index is 0.0615. The second kappa shape index (κ2) is 11.6. The molecule has 192 valence electrons. The van der Waals surface area contributed by atoms with Gasteiger partial charge in [0.2, 0.25) is 0 Å². The van der Waals surface area contributed by atoms with Crippen LogP contribution in [0.4, 0.5) is 13.6 Å². The molecule has 1 saturated heterocycles. The van der Waals surface area contributed by atoms with Gasteiger partial charge in [0.15, 0.2) is 5.82 Å². The van der Waals surface area contributed by atoms with Gasteiger partial charge in [-0.05, 0) is 59.1 Å². The van der Waals surface area contributed by atoms with Crippen molar-refractivity contribution in [2.75, 3.05) is 32.8 Å². The number of benzene rings is 1. The second-order valence-corrected chi connectivity index (χ2v) is 9.50. The maximum Gasteiger partial charge on any atom is 0.410 e. The molecule has 1 fully saturated rings. The Balaban J connectivity index is 1.83. The molecule has 0 unspecified atom stereocenters. The van der Waals surface area contributed by atoms with Crippen LogP contribution in [0.1, 0.15) is 68.9 Å². The monoisotopic (exact) mass is 492 g/mol. The van der Waals surface area contributed by atoms with Crippen molar-refractivity contribution < 1.29 is 27.8 Å². The predicted octanol–water partition coefficient (Wildman–Crippen LogP) is 4.42. The molecule has 2 amide bonds. The molecule has 1 aromatic carbocycles. The Hall–Kier alpha value is -3.01. The highest BCUT2D eigenvalue weighted by molar-refractivity contribution is 5.95. The minimum Gasteiger partial charge on any atom is -0.444 e. The Kier molecular flexibility index (Phi) is 8.82. The Bertz CT molecular complexity index is 1030. The summed E-state index contributed by atoms with van der Waals surface area (Å²) >= 11 is 0. The first-order valence-electron chi connectivity index (χ1n) is 12.0. The first-order valence-corrected chi connectivity index (χ1v) is 12.0. The lowest BCUT2D eigenvalue weighted by atomic mass is 9.90. The maximum absolute atomic E-state index is 14.7. The number of hydrogen-bond acceptors (Lipinski definition) is 5. The lowest BCUT2D eigenvalue weighted by Crippen LogP contribution is -2.41. The summed E-state index contributed by atoms with van der Waals surface area (Å²) < 4.78 is 40.3. The maximum atomic E-state index is 14.7. The lowest BCUT2D eigenvalue weighted by molar-refractivity contribution is 0.0203. The van der Waals surface area contributed by atoms with Crippen LogP contribution in [0.2, 0.25) is 0 Å². The molecule has 2 aromatic rings. The van der Waals surface area contributed by atoms with Crippen LogP contribution in [0.25, 0.3) is 5.69 Å². The summed E-state index contributed by atoms with van der Waals surface area (Å²) in [6, 6.07) is 3.25. The number of carbonyl (C=O) groups excluding carboxylic acids is 2. The van der Waals surface area contributed by atoms with Crippen molar-refractivity contribution in [3.8, 4) is 5.69 Å². The largest absolute Gasteiger partial charge is 0.444 e. The number of rotatable bonds is 8. The second-order valence-electron chi connectivity index (χ2n) is 9.50. The summed E-state index contributed by atoms with van der Waals surface area (Å²) in [5.74, 6) is -1.95. The molecule has 0 atom stereocenters. The van der Waals surface area contributed by atoms with Crippen LogP contribution >= 0.6 is 0 Å². The topological polar surface area (TPSA) is 85.7 Å². The Morgan fingerprint density at radius 1 is 1.20 bits per heavy atom. The number of aromatic nitrogens is 2. The summed E-state index contributed by atoms with van der Waals surface area (Å²) in [4.78, 5) is 27.1. The highest BCUT2D eigenvalue weighted by atomic mass is 19.1. The van der Waals surface area contributed by atoms with E-state index >= 15 is 0 Å². The fraction of sp³-hybridized carbons (Fsp3) is 0.560. The number of halogens is 2. The molecule has 0 aliphatic carbocycles. The third-order valence-electron chi connectivity index (χ3n) is 5.68. The first-order chi connectivity index (χ1) is 16.6. The third kappa shape index (κ3) is 7.00. The van der Waals surface area contributed by atoms with E-state index in [0.29, 0.717) is 63.4 Å². The standard InChI is InChI=1S/C25H34F2N4O4/c1-5-34-14-6-11-28-23(32)19-16-29-31(21-8-7-18(26)15-20(21)27)22(19)17-9-12-30(13-10-17)24(33)35-25(2,3)4/h7-8,15-17H,5-6,9-14H2,1-4H3,(H,28,32). The molecule has 0 saturated carbocycles. The van der Waals surface area contributed by atoms with Crippen LogP contribution in [0.15, 0.2) is 24.4 Å². The van der Waals surface area contributed by atoms with Crippen LogP contribution in [-0.2, 0) is 9.47 Å². The molecule has 10 heteroatoms. The number of hydrogen-bond donors (Lipinski definition) is 1. The fourth-order valence-corrected chi connectivity index (χ4v) is 4.05. The van der Waals surface area contributed by atoms with Crippen LogP contribution in [0.3, 0.4) is 0 Å². The molecule has 0 spiro atoms. The average Bonchev–Trinajstić information content (AvgIpc) is 3.22. The molecule has 1 aromatic heterocycles. The van der Waals surface area contributed by atoms with Gasteiger partial charge in [0.1, 0.15) is 17.1 Å². The van der Waals surface area contributed by atoms with Crippen molar-refractivity contribution in [1.29, 1.82) is 0 Å². The van der Waals surface area contributed by atoms with Gasteiger partial charge in [-0.1, -0.05) is 0 Å². The molecule has 1 aliphatic heterocycles. The number of ether oxygens (including phenoxy) is 2. The number of piperidine rings is 1. The van der Waals surface area contributed by atoms with Gasteiger partial charge in [-0.2, -0.15) is 5.10 Å². The minimum atomic E-state index is -0.774. The van der Waals surface area contributed by atoms with E-state index in [-0.39, 0.29) is 23.6 Å². The third-order valence-corrected chi connectivity index (χ3v) is 5.68. The smallest absolute Gasteiger partial charge is 0.410 e. The quantitative estimate of drug-likeness (QED) is 0.552. The summed E-state index contributed by atoms with van der Waals surface area (Å²) in [6.07, 6.45) is 2.76. The zero-order valence-electron chi connectivity index (χ0n) is 20.8. The van der Waals surface area contributed by atoms with Gasteiger partial charge in [0.25, 0.3) is 5.91 Å². The van der Waals surface area contributed by atoms with Gasteiger partial charge >= 0.3 is 6.09 Å². The summed E-state index contributed by atoms with van der Waals surface area (Å²) in [7, 11) is 0. The summed E-state index contributed by atoms with van der Waals surface area (Å²) in [6.45, 7) is 9.75. The number of likely N-dealkylation sites (tertiary alicyclic amines) is 1. The van der Waals surface area contributed by atoms with Crippen molar-refractivity contribution in [3.05, 3.63) is 47.3 Å². The predicted molar refractivity (Wildman–Crippen MR) is 127 cm³/mol. The summed E-state index contributed by atoms with van der Waals surface area (Å²) in [5.41, 5.74) is 0.342. The van der Waals surface area contributed by atoms with E-state index in [1.54, 1.807) is 4.90 Å². The van der Waals surface area contributed by atoms with Gasteiger partial charge in [-0.15, -0.1) is 0 Å². The molecule has 2 heterocycles. The van der Waals surface area contributed by atoms with Crippen molar-refractivity contribution >= 4 is 12.0 Å². The van der Waals surface area contributed by atoms with Crippen molar-refractivity contribution in [2.24, 2.45) is 0 Å². The van der Waals surface area contributed by atoms with Crippen LogP contribution in [0, 0.1) is 11.6 Å². The average molecular weight is 493 g/mol. The number of amides is 2. The van der Waals surface area contributed by atoms with Crippen molar-refractivity contribution in [1.82, 2.24) is 20.0 Å². The number of nitrogens with one attached hydrogen (secondary N) is 1. The molecule has 3 rings (SSSR count). The van der Waals surface area contributed by atoms with Crippen molar-refractivity contribution in [2.45, 2.75) is 58.5 Å². The van der Waals surface area contributed by atoms with Crippen molar-refractivity contribution in [3.63, 3.8) is 0 Å². The van der Waals surface area contributed by atoms with E-state index in [1.807, 2.05) is 27.7 Å². The van der Waals surface area contributed by atoms with E-state index < -0.39 is 17.2 Å². The highest BCUT2D eigenvalue weighted by Gasteiger charge is 2.32. The SMILES string of the molecule is CCOCCCNC(=O)c1cnn(-c2ccc(F)cc2F)c1C1CCN(C(=O)OC(C)(C)C)CC1. The molecule has 1 aliphatic rings. The molecule has 1 N–H and O–H groups in total. The first kappa shape index (κ1) is 26.6. The van der Waals surface area contributed by atoms with Crippen LogP contribution in [0.5, 0.6) is 0 Å². The van der Waals surface area contributed by atoms with E-state index in [1.165, 1.54) is 16.9 Å². The fourth-order valence-electron chi connectivity index (χ4n) is 4.05. The Morgan fingerprint density at radius 3 is 2.54 bits per heavy atom. The Morgan fingerprint density at radius 2 is 1.91 bits per heavy atom. The van der Waals surface area contributed by atoms with Crippen LogP contribution < -0.4 is 5.32 Å². The lowest BCUT2D eigenvalue weighted by Gasteiger charge is -2.34. The van der Waals surface area contributed by atoms with Gasteiger partial charge in [-0.25, -0.2) is 18.3 Å². The molecule has 0 radical (unpaired) electrons. The van der Waals surface area contributed by atoms with Gasteiger partial charge < -0.3 is 19.7 Å². The van der Waals surface area contributed by atoms with Gasteiger partial charge in [0, 0.05) is 44.8 Å². The van der Waals surface area contributed by atoms with Gasteiger partial charge in [0.05, 0.1) is 17.5 Å². The molecule has 8 nitrogen and oxygen atoms in total. The normalized spacial score (nSPS) is 14.7. The van der Waals surface area contributed by atoms with E-state index in [9.17, 15) is 18.4 Å². The van der Waals surface area contributed by atoms with Gasteiger partial charge in [-0.3, -0.25) is 4.79 Å². The number of nitrogens with zero attached hydrogens (tertiary/aromatic N) is 3. The highest BCUT2D eigenvalue weighted by Crippen LogP contribution is 2.33.